The minimum atomic E-state index is -0.469. The summed E-state index contributed by atoms with van der Waals surface area (Å²) < 4.78 is 11.6. The maximum Gasteiger partial charge on any atom is 0.321 e. The first-order valence-electron chi connectivity index (χ1n) is 9.35. The summed E-state index contributed by atoms with van der Waals surface area (Å²) >= 11 is 1.64. The molecular weight excluding hydrogens is 378 g/mol. The van der Waals surface area contributed by atoms with Crippen LogP contribution in [0.5, 0.6) is 11.5 Å². The molecule has 0 aliphatic carbocycles. The number of rotatable bonds is 8. The van der Waals surface area contributed by atoms with Crippen molar-refractivity contribution in [1.29, 1.82) is 0 Å². The summed E-state index contributed by atoms with van der Waals surface area (Å²) in [4.78, 5) is 27.2. The van der Waals surface area contributed by atoms with Crippen molar-refractivity contribution in [3.63, 3.8) is 0 Å². The molecule has 2 aromatic rings. The smallest absolute Gasteiger partial charge is 0.321 e. The van der Waals surface area contributed by atoms with Gasteiger partial charge in [0.25, 0.3) is 0 Å². The van der Waals surface area contributed by atoms with E-state index in [0.29, 0.717) is 32.0 Å². The number of hydrogen-bond donors (Lipinski definition) is 2. The summed E-state index contributed by atoms with van der Waals surface area (Å²) in [5.74, 6) is 1.11. The number of fused-ring (bicyclic) bond motifs is 1. The maximum absolute atomic E-state index is 12.2. The third kappa shape index (κ3) is 5.97. The molecule has 3 amide bonds. The molecule has 2 N–H and O–H groups in total. The highest BCUT2D eigenvalue weighted by Gasteiger charge is 2.23. The van der Waals surface area contributed by atoms with E-state index in [1.807, 2.05) is 53.6 Å². The zero-order valence-electron chi connectivity index (χ0n) is 15.8. The quantitative estimate of drug-likeness (QED) is 0.707. The molecule has 0 saturated carbocycles. The lowest BCUT2D eigenvalue weighted by molar-refractivity contribution is -0.121. The van der Waals surface area contributed by atoms with Gasteiger partial charge in [0.2, 0.25) is 5.91 Å². The number of carbonyl (C=O) groups is 2. The third-order valence-electron chi connectivity index (χ3n) is 4.33. The van der Waals surface area contributed by atoms with Crippen molar-refractivity contribution >= 4 is 23.3 Å². The number of benzene rings is 1. The summed E-state index contributed by atoms with van der Waals surface area (Å²) in [5.41, 5.74) is 0. The number of likely N-dealkylation sites (N-methyl/N-ethyl adjacent to an activating group) is 1. The van der Waals surface area contributed by atoms with Crippen molar-refractivity contribution in [3.8, 4) is 11.5 Å². The molecule has 1 aliphatic rings. The van der Waals surface area contributed by atoms with Gasteiger partial charge in [0, 0.05) is 18.0 Å². The SMILES string of the molecule is CCN(CC(=O)NC(=O)NCCc1cccs1)CC1COc2ccccc2O1. The van der Waals surface area contributed by atoms with Crippen LogP contribution in [-0.4, -0.2) is 55.7 Å². The van der Waals surface area contributed by atoms with Crippen LogP contribution >= 0.6 is 11.3 Å². The molecule has 1 aromatic carbocycles. The number of hydrogen-bond acceptors (Lipinski definition) is 6. The van der Waals surface area contributed by atoms with Gasteiger partial charge in [-0.05, 0) is 36.5 Å². The Morgan fingerprint density at radius 2 is 2.04 bits per heavy atom. The van der Waals surface area contributed by atoms with Gasteiger partial charge < -0.3 is 14.8 Å². The number of thiophene rings is 1. The first-order valence-corrected chi connectivity index (χ1v) is 10.2. The van der Waals surface area contributed by atoms with Crippen LogP contribution < -0.4 is 20.1 Å². The van der Waals surface area contributed by atoms with Gasteiger partial charge in [0.15, 0.2) is 11.5 Å². The summed E-state index contributed by atoms with van der Waals surface area (Å²) in [7, 11) is 0. The number of carbonyl (C=O) groups excluding carboxylic acids is 2. The number of nitrogens with one attached hydrogen (secondary N) is 2. The lowest BCUT2D eigenvalue weighted by atomic mass is 10.2. The number of para-hydroxylation sites is 2. The highest BCUT2D eigenvalue weighted by Crippen LogP contribution is 2.30. The number of nitrogens with zero attached hydrogens (tertiary/aromatic N) is 1. The zero-order valence-corrected chi connectivity index (χ0v) is 16.7. The first-order chi connectivity index (χ1) is 13.6. The van der Waals surface area contributed by atoms with Crippen molar-refractivity contribution < 1.29 is 19.1 Å². The Labute approximate surface area is 168 Å². The molecule has 0 spiro atoms. The lowest BCUT2D eigenvalue weighted by Gasteiger charge is -2.30. The summed E-state index contributed by atoms with van der Waals surface area (Å²) in [6.07, 6.45) is 0.586. The molecule has 150 valence electrons. The fourth-order valence-electron chi connectivity index (χ4n) is 2.91. The van der Waals surface area contributed by atoms with E-state index in [1.165, 1.54) is 4.88 Å². The molecule has 1 atom stereocenters. The van der Waals surface area contributed by atoms with Gasteiger partial charge in [0.1, 0.15) is 12.7 Å². The molecule has 0 fully saturated rings. The zero-order chi connectivity index (χ0) is 19.8. The highest BCUT2D eigenvalue weighted by atomic mass is 32.1. The van der Waals surface area contributed by atoms with Gasteiger partial charge in [-0.25, -0.2) is 4.79 Å². The molecule has 1 unspecified atom stereocenters. The van der Waals surface area contributed by atoms with E-state index in [2.05, 4.69) is 10.6 Å². The minimum Gasteiger partial charge on any atom is -0.486 e. The Bertz CT molecular complexity index is 782. The monoisotopic (exact) mass is 403 g/mol. The highest BCUT2D eigenvalue weighted by molar-refractivity contribution is 7.09. The van der Waals surface area contributed by atoms with Gasteiger partial charge in [-0.15, -0.1) is 11.3 Å². The van der Waals surface area contributed by atoms with E-state index in [-0.39, 0.29) is 18.6 Å². The van der Waals surface area contributed by atoms with Crippen molar-refractivity contribution in [2.24, 2.45) is 0 Å². The molecule has 1 aromatic heterocycles. The van der Waals surface area contributed by atoms with E-state index >= 15 is 0 Å². The van der Waals surface area contributed by atoms with E-state index in [4.69, 9.17) is 9.47 Å². The first kappa shape index (κ1) is 20.2. The summed E-state index contributed by atoms with van der Waals surface area (Å²) in [6.45, 7) is 4.21. The van der Waals surface area contributed by atoms with Gasteiger partial charge >= 0.3 is 6.03 Å². The Morgan fingerprint density at radius 1 is 1.21 bits per heavy atom. The van der Waals surface area contributed by atoms with Crippen molar-refractivity contribution in [2.75, 3.05) is 32.8 Å². The van der Waals surface area contributed by atoms with Crippen molar-refractivity contribution in [2.45, 2.75) is 19.4 Å². The molecular formula is C20H25N3O4S. The van der Waals surface area contributed by atoms with E-state index in [1.54, 1.807) is 11.3 Å². The fourth-order valence-corrected chi connectivity index (χ4v) is 3.62. The van der Waals surface area contributed by atoms with Crippen LogP contribution in [0.3, 0.4) is 0 Å². The van der Waals surface area contributed by atoms with Crippen LogP contribution in [0.2, 0.25) is 0 Å². The number of urea groups is 1. The summed E-state index contributed by atoms with van der Waals surface area (Å²) in [5, 5.41) is 7.08. The largest absolute Gasteiger partial charge is 0.486 e. The molecule has 1 aliphatic heterocycles. The summed E-state index contributed by atoms with van der Waals surface area (Å²) in [6, 6.07) is 11.1. The Kier molecular flexibility index (Phi) is 7.27. The normalized spacial score (nSPS) is 15.3. The van der Waals surface area contributed by atoms with Crippen LogP contribution in [0.1, 0.15) is 11.8 Å². The second-order valence-electron chi connectivity index (χ2n) is 6.46. The van der Waals surface area contributed by atoms with E-state index in [9.17, 15) is 9.59 Å². The van der Waals surface area contributed by atoms with Crippen LogP contribution in [0.15, 0.2) is 41.8 Å². The van der Waals surface area contributed by atoms with Gasteiger partial charge in [-0.1, -0.05) is 25.1 Å². The molecule has 0 saturated heterocycles. The topological polar surface area (TPSA) is 79.9 Å². The second-order valence-corrected chi connectivity index (χ2v) is 7.49. The molecule has 28 heavy (non-hydrogen) atoms. The van der Waals surface area contributed by atoms with Gasteiger partial charge in [-0.2, -0.15) is 0 Å². The van der Waals surface area contributed by atoms with Crippen LogP contribution in [0, 0.1) is 0 Å². The average Bonchev–Trinajstić information content (AvgIpc) is 3.20. The Morgan fingerprint density at radius 3 is 2.79 bits per heavy atom. The van der Waals surface area contributed by atoms with Gasteiger partial charge in [-0.3, -0.25) is 15.0 Å². The van der Waals surface area contributed by atoms with E-state index in [0.717, 1.165) is 12.2 Å². The molecule has 0 bridgehead atoms. The predicted molar refractivity (Wildman–Crippen MR) is 108 cm³/mol. The number of imide groups is 1. The minimum absolute atomic E-state index is 0.121. The van der Waals surface area contributed by atoms with Crippen molar-refractivity contribution in [1.82, 2.24) is 15.5 Å². The molecule has 7 nitrogen and oxygen atoms in total. The molecule has 0 radical (unpaired) electrons. The van der Waals surface area contributed by atoms with Crippen molar-refractivity contribution in [3.05, 3.63) is 46.7 Å². The molecule has 2 heterocycles. The number of ether oxygens (including phenoxy) is 2. The molecule has 8 heteroatoms. The fraction of sp³-hybridized carbons (Fsp3) is 0.400. The van der Waals surface area contributed by atoms with E-state index < -0.39 is 6.03 Å². The average molecular weight is 404 g/mol. The van der Waals surface area contributed by atoms with Gasteiger partial charge in [0.05, 0.1) is 6.54 Å². The Balaban J connectivity index is 1.39. The van der Waals surface area contributed by atoms with Crippen LogP contribution in [0.4, 0.5) is 4.79 Å². The van der Waals surface area contributed by atoms with Crippen LogP contribution in [0.25, 0.3) is 0 Å². The number of amides is 3. The second kappa shape index (κ2) is 10.1. The Hall–Kier alpha value is -2.58. The standard InChI is InChI=1S/C20H25N3O4S/c1-2-23(12-15-14-26-17-7-3-4-8-18(17)27-15)13-19(24)22-20(25)21-10-9-16-6-5-11-28-16/h3-8,11,15H,2,9-10,12-14H2,1H3,(H2,21,22,24,25). The predicted octanol–water partition coefficient (Wildman–Crippen LogP) is 2.28. The third-order valence-corrected chi connectivity index (χ3v) is 5.27. The lowest BCUT2D eigenvalue weighted by Crippen LogP contribution is -2.48. The molecule has 3 rings (SSSR count). The van der Waals surface area contributed by atoms with Crippen LogP contribution in [-0.2, 0) is 11.2 Å². The maximum atomic E-state index is 12.2.